The molecule has 1 heterocycles. The fourth-order valence-electron chi connectivity index (χ4n) is 4.40. The zero-order valence-electron chi connectivity index (χ0n) is 16.9. The highest BCUT2D eigenvalue weighted by atomic mass is 16.3. The fourth-order valence-corrected chi connectivity index (χ4v) is 4.40. The second-order valence-corrected chi connectivity index (χ2v) is 7.88. The van der Waals surface area contributed by atoms with E-state index in [2.05, 4.69) is 0 Å². The minimum atomic E-state index is -1.89. The van der Waals surface area contributed by atoms with Gasteiger partial charge in [-0.05, 0) is 22.4 Å². The Morgan fingerprint density at radius 2 is 1.48 bits per heavy atom. The van der Waals surface area contributed by atoms with Gasteiger partial charge < -0.3 is 10.0 Å². The number of nitrogens with zero attached hydrogens (tertiary/aromatic N) is 1. The van der Waals surface area contributed by atoms with Crippen LogP contribution in [0.15, 0.2) is 97.1 Å². The van der Waals surface area contributed by atoms with Crippen molar-refractivity contribution in [3.05, 3.63) is 114 Å². The third-order valence-corrected chi connectivity index (χ3v) is 5.93. The second-order valence-electron chi connectivity index (χ2n) is 7.88. The lowest BCUT2D eigenvalue weighted by molar-refractivity contribution is -0.136. The molecule has 31 heavy (non-hydrogen) atoms. The van der Waals surface area contributed by atoms with E-state index >= 15 is 0 Å². The van der Waals surface area contributed by atoms with Crippen molar-refractivity contribution in [1.82, 2.24) is 0 Å². The number of hydrogen-bond acceptors (Lipinski definition) is 3. The molecule has 0 spiro atoms. The standard InChI is InChI=1S/C27H21NO3/c29-25(22-14-8-12-20-11-4-5-13-21(20)22)17-27(31)23-15-6-7-16-24(23)28(26(27)30)18-19-9-2-1-3-10-19/h1-16,31H,17-18H2/t27-/m1/s1. The number of para-hydroxylation sites is 1. The van der Waals surface area contributed by atoms with Crippen LogP contribution in [0.25, 0.3) is 10.8 Å². The van der Waals surface area contributed by atoms with Crippen LogP contribution in [0.5, 0.6) is 0 Å². The Morgan fingerprint density at radius 3 is 2.32 bits per heavy atom. The molecule has 0 fully saturated rings. The maximum atomic E-state index is 13.4. The number of carbonyl (C=O) groups is 2. The van der Waals surface area contributed by atoms with E-state index in [0.717, 1.165) is 16.3 Å². The average Bonchev–Trinajstić information content (AvgIpc) is 3.01. The normalized spacial score (nSPS) is 17.7. The van der Waals surface area contributed by atoms with E-state index in [0.29, 0.717) is 23.4 Å². The molecule has 1 atom stereocenters. The molecule has 0 radical (unpaired) electrons. The van der Waals surface area contributed by atoms with Gasteiger partial charge in [-0.25, -0.2) is 0 Å². The molecule has 4 nitrogen and oxygen atoms in total. The number of rotatable bonds is 5. The van der Waals surface area contributed by atoms with Crippen molar-refractivity contribution < 1.29 is 14.7 Å². The van der Waals surface area contributed by atoms with Crippen molar-refractivity contribution in [2.24, 2.45) is 0 Å². The van der Waals surface area contributed by atoms with Crippen LogP contribution in [0.1, 0.15) is 27.9 Å². The molecule has 1 N–H and O–H groups in total. The van der Waals surface area contributed by atoms with Crippen molar-refractivity contribution in [3.63, 3.8) is 0 Å². The third kappa shape index (κ3) is 3.22. The Labute approximate surface area is 180 Å². The SMILES string of the molecule is O=C(C[C@]1(O)C(=O)N(Cc2ccccc2)c2ccccc21)c1cccc2ccccc12. The molecule has 0 saturated carbocycles. The Kier molecular flexibility index (Phi) is 4.64. The predicted octanol–water partition coefficient (Wildman–Crippen LogP) is 4.85. The van der Waals surface area contributed by atoms with Crippen LogP contribution in [0.3, 0.4) is 0 Å². The molecular weight excluding hydrogens is 386 g/mol. The first-order valence-electron chi connectivity index (χ1n) is 10.3. The summed E-state index contributed by atoms with van der Waals surface area (Å²) in [5, 5.41) is 13.3. The first-order chi connectivity index (χ1) is 15.1. The molecule has 1 aliphatic heterocycles. The van der Waals surface area contributed by atoms with Crippen LogP contribution in [-0.4, -0.2) is 16.8 Å². The van der Waals surface area contributed by atoms with Crippen LogP contribution in [0.4, 0.5) is 5.69 Å². The second kappa shape index (κ2) is 7.49. The summed E-state index contributed by atoms with van der Waals surface area (Å²) >= 11 is 0. The maximum Gasteiger partial charge on any atom is 0.264 e. The molecule has 1 aliphatic rings. The zero-order valence-corrected chi connectivity index (χ0v) is 16.9. The minimum absolute atomic E-state index is 0.260. The number of benzene rings is 4. The van der Waals surface area contributed by atoms with Crippen molar-refractivity contribution in [2.45, 2.75) is 18.6 Å². The summed E-state index contributed by atoms with van der Waals surface area (Å²) in [5.74, 6) is -0.727. The van der Waals surface area contributed by atoms with Gasteiger partial charge in [0.1, 0.15) is 0 Å². The third-order valence-electron chi connectivity index (χ3n) is 5.93. The van der Waals surface area contributed by atoms with Crippen LogP contribution in [-0.2, 0) is 16.9 Å². The number of carbonyl (C=O) groups excluding carboxylic acids is 2. The monoisotopic (exact) mass is 407 g/mol. The lowest BCUT2D eigenvalue weighted by atomic mass is 9.87. The summed E-state index contributed by atoms with van der Waals surface area (Å²) in [6, 6.07) is 29.9. The quantitative estimate of drug-likeness (QED) is 0.481. The molecule has 0 unspecified atom stereocenters. The number of ketones is 1. The summed E-state index contributed by atoms with van der Waals surface area (Å²) in [4.78, 5) is 28.3. The number of hydrogen-bond donors (Lipinski definition) is 1. The average molecular weight is 407 g/mol. The van der Waals surface area contributed by atoms with Gasteiger partial charge in [0.2, 0.25) is 0 Å². The van der Waals surface area contributed by atoms with E-state index in [1.54, 1.807) is 23.1 Å². The number of fused-ring (bicyclic) bond motifs is 2. The van der Waals surface area contributed by atoms with Gasteiger partial charge in [0.25, 0.3) is 5.91 Å². The molecule has 1 amide bonds. The van der Waals surface area contributed by atoms with Crippen molar-refractivity contribution in [3.8, 4) is 0 Å². The summed E-state index contributed by atoms with van der Waals surface area (Å²) in [6.07, 6.45) is -0.303. The summed E-state index contributed by atoms with van der Waals surface area (Å²) in [6.45, 7) is 0.335. The lowest BCUT2D eigenvalue weighted by Gasteiger charge is -2.23. The Bertz CT molecular complexity index is 1290. The Hall–Kier alpha value is -3.76. The van der Waals surface area contributed by atoms with Gasteiger partial charge in [-0.2, -0.15) is 0 Å². The van der Waals surface area contributed by atoms with Crippen LogP contribution >= 0.6 is 0 Å². The molecule has 0 aliphatic carbocycles. The Balaban J connectivity index is 1.52. The topological polar surface area (TPSA) is 57.6 Å². The van der Waals surface area contributed by atoms with E-state index in [9.17, 15) is 14.7 Å². The first kappa shape index (κ1) is 19.2. The van der Waals surface area contributed by atoms with Crippen LogP contribution < -0.4 is 4.90 Å². The molecule has 152 valence electrons. The molecular formula is C27H21NO3. The largest absolute Gasteiger partial charge is 0.375 e. The minimum Gasteiger partial charge on any atom is -0.375 e. The van der Waals surface area contributed by atoms with Crippen molar-refractivity contribution >= 4 is 28.2 Å². The number of anilines is 1. The molecule has 4 heteroatoms. The molecule has 0 saturated heterocycles. The highest BCUT2D eigenvalue weighted by Gasteiger charge is 2.50. The van der Waals surface area contributed by atoms with E-state index in [-0.39, 0.29) is 12.2 Å². The fraction of sp³-hybridized carbons (Fsp3) is 0.111. The smallest absolute Gasteiger partial charge is 0.264 e. The van der Waals surface area contributed by atoms with Gasteiger partial charge in [-0.3, -0.25) is 9.59 Å². The van der Waals surface area contributed by atoms with E-state index in [1.807, 2.05) is 78.9 Å². The van der Waals surface area contributed by atoms with Gasteiger partial charge in [0.05, 0.1) is 18.7 Å². The molecule has 4 aromatic rings. The number of aliphatic hydroxyl groups is 1. The first-order valence-corrected chi connectivity index (χ1v) is 10.3. The van der Waals surface area contributed by atoms with E-state index < -0.39 is 11.5 Å². The summed E-state index contributed by atoms with van der Waals surface area (Å²) in [5.41, 5.74) is 0.696. The van der Waals surface area contributed by atoms with Crippen LogP contribution in [0, 0.1) is 0 Å². The zero-order chi connectivity index (χ0) is 21.4. The molecule has 0 bridgehead atoms. The van der Waals surface area contributed by atoms with Gasteiger partial charge >= 0.3 is 0 Å². The number of Topliss-reactive ketones (excluding diaryl/α,β-unsaturated/α-hetero) is 1. The predicted molar refractivity (Wildman–Crippen MR) is 121 cm³/mol. The lowest BCUT2D eigenvalue weighted by Crippen LogP contribution is -2.41. The van der Waals surface area contributed by atoms with Gasteiger partial charge in [0, 0.05) is 11.1 Å². The van der Waals surface area contributed by atoms with Crippen molar-refractivity contribution in [1.29, 1.82) is 0 Å². The van der Waals surface area contributed by atoms with E-state index in [4.69, 9.17) is 0 Å². The molecule has 5 rings (SSSR count). The van der Waals surface area contributed by atoms with E-state index in [1.165, 1.54) is 0 Å². The van der Waals surface area contributed by atoms with Crippen LogP contribution in [0.2, 0.25) is 0 Å². The summed E-state index contributed by atoms with van der Waals surface area (Å²) in [7, 11) is 0. The van der Waals surface area contributed by atoms with Gasteiger partial charge in [-0.1, -0.05) is 91.0 Å². The maximum absolute atomic E-state index is 13.4. The molecule has 4 aromatic carbocycles. The summed E-state index contributed by atoms with van der Waals surface area (Å²) < 4.78 is 0. The number of amides is 1. The van der Waals surface area contributed by atoms with Gasteiger partial charge in [-0.15, -0.1) is 0 Å². The highest BCUT2D eigenvalue weighted by Crippen LogP contribution is 2.43. The Morgan fingerprint density at radius 1 is 0.806 bits per heavy atom. The van der Waals surface area contributed by atoms with Crippen molar-refractivity contribution in [2.75, 3.05) is 4.90 Å². The molecule has 0 aromatic heterocycles. The highest BCUT2D eigenvalue weighted by molar-refractivity contribution is 6.13. The van der Waals surface area contributed by atoms with Gasteiger partial charge in [0.15, 0.2) is 11.4 Å².